The fourth-order valence-corrected chi connectivity index (χ4v) is 5.39. The number of likely N-dealkylation sites (N-methyl/N-ethyl adjacent to an activating group) is 1. The number of amides is 1. The van der Waals surface area contributed by atoms with Gasteiger partial charge in [0.25, 0.3) is 0 Å². The second kappa shape index (κ2) is 8.73. The van der Waals surface area contributed by atoms with Gasteiger partial charge in [0.2, 0.25) is 11.6 Å². The van der Waals surface area contributed by atoms with Crippen molar-refractivity contribution in [2.24, 2.45) is 0 Å². The number of nitrogens with zero attached hydrogens (tertiary/aromatic N) is 4. The molecular weight excluding hydrogens is 381 g/mol. The van der Waals surface area contributed by atoms with E-state index < -0.39 is 0 Å². The minimum atomic E-state index is -0.0976. The van der Waals surface area contributed by atoms with Crippen LogP contribution in [0.25, 0.3) is 0 Å². The number of hydrogen-bond donors (Lipinski definition) is 1. The number of hydrogen-bond acceptors (Lipinski definition) is 4. The molecule has 0 unspecified atom stereocenters. The van der Waals surface area contributed by atoms with Gasteiger partial charge in [-0.15, -0.1) is 0 Å². The molecule has 3 aliphatic rings. The molecule has 1 aromatic rings. The summed E-state index contributed by atoms with van der Waals surface area (Å²) in [7, 11) is 4.25. The molecule has 1 N–H and O–H groups in total. The van der Waals surface area contributed by atoms with Crippen molar-refractivity contribution in [3.8, 4) is 0 Å². The number of benzene rings is 1. The van der Waals surface area contributed by atoms with Crippen molar-refractivity contribution in [1.82, 2.24) is 20.0 Å². The third kappa shape index (κ3) is 4.29. The molecule has 0 bridgehead atoms. The predicted molar refractivity (Wildman–Crippen MR) is 117 cm³/mol. The van der Waals surface area contributed by atoms with Crippen LogP contribution >= 0.6 is 0 Å². The highest BCUT2D eigenvalue weighted by Gasteiger charge is 2.34. The van der Waals surface area contributed by atoms with E-state index in [2.05, 4.69) is 40.7 Å². The summed E-state index contributed by atoms with van der Waals surface area (Å²) in [4.78, 5) is 18.5. The third-order valence-electron chi connectivity index (χ3n) is 7.10. The molecule has 2 saturated heterocycles. The van der Waals surface area contributed by atoms with Gasteiger partial charge in [0, 0.05) is 63.8 Å². The van der Waals surface area contributed by atoms with E-state index in [1.54, 1.807) is 13.0 Å². The van der Waals surface area contributed by atoms with Crippen molar-refractivity contribution in [1.29, 1.82) is 0 Å². The van der Waals surface area contributed by atoms with Gasteiger partial charge in [0.15, 0.2) is 5.71 Å². The molecule has 4 rings (SSSR count). The first-order valence-electron chi connectivity index (χ1n) is 11.1. The summed E-state index contributed by atoms with van der Waals surface area (Å²) in [5.74, 6) is 0.0833. The van der Waals surface area contributed by atoms with Crippen LogP contribution in [0.4, 0.5) is 10.1 Å². The Labute approximate surface area is 179 Å². The number of carbonyl (C=O) groups is 1. The van der Waals surface area contributed by atoms with E-state index in [0.717, 1.165) is 69.0 Å². The van der Waals surface area contributed by atoms with E-state index >= 15 is 0 Å². The minimum Gasteiger partial charge on any atom is -0.340 e. The van der Waals surface area contributed by atoms with E-state index in [-0.39, 0.29) is 11.7 Å². The summed E-state index contributed by atoms with van der Waals surface area (Å²) in [6.07, 6.45) is 1.80. The van der Waals surface area contributed by atoms with Gasteiger partial charge in [-0.05, 0) is 32.5 Å². The number of aryl methyl sites for hydroxylation is 1. The van der Waals surface area contributed by atoms with Gasteiger partial charge in [0.1, 0.15) is 12.9 Å². The lowest BCUT2D eigenvalue weighted by atomic mass is 9.98. The molecule has 3 heterocycles. The number of nitrogens with one attached hydrogen (secondary N) is 1. The first kappa shape index (κ1) is 21.4. The Morgan fingerprint density at radius 1 is 1.23 bits per heavy atom. The Bertz CT molecular complexity index is 846. The minimum absolute atomic E-state index is 0.0976. The Balaban J connectivity index is 1.36. The van der Waals surface area contributed by atoms with Gasteiger partial charge < -0.3 is 15.1 Å². The van der Waals surface area contributed by atoms with Crippen LogP contribution in [-0.2, 0) is 11.2 Å². The van der Waals surface area contributed by atoms with Crippen molar-refractivity contribution in [2.75, 3.05) is 59.9 Å². The Morgan fingerprint density at radius 3 is 2.63 bits per heavy atom. The molecule has 2 fully saturated rings. The van der Waals surface area contributed by atoms with Crippen LogP contribution in [0.15, 0.2) is 12.1 Å². The summed E-state index contributed by atoms with van der Waals surface area (Å²) in [6.45, 7) is 10.2. The van der Waals surface area contributed by atoms with Crippen LogP contribution in [-0.4, -0.2) is 103 Å². The lowest BCUT2D eigenvalue weighted by Crippen LogP contribution is -2.59. The summed E-state index contributed by atoms with van der Waals surface area (Å²) >= 11 is 0. The van der Waals surface area contributed by atoms with Crippen molar-refractivity contribution < 1.29 is 13.8 Å². The molecule has 0 saturated carbocycles. The van der Waals surface area contributed by atoms with E-state index in [1.807, 2.05) is 11.0 Å². The average Bonchev–Trinajstić information content (AvgIpc) is 3.06. The van der Waals surface area contributed by atoms with E-state index in [9.17, 15) is 9.18 Å². The van der Waals surface area contributed by atoms with Crippen molar-refractivity contribution in [2.45, 2.75) is 38.8 Å². The van der Waals surface area contributed by atoms with Crippen molar-refractivity contribution in [3.05, 3.63) is 29.1 Å². The topological polar surface area (TPSA) is 41.8 Å². The number of halogens is 1. The smallest absolute Gasteiger partial charge is 0.219 e. The number of piperidine rings is 1. The molecule has 0 aromatic heterocycles. The molecule has 3 aliphatic heterocycles. The van der Waals surface area contributed by atoms with E-state index in [4.69, 9.17) is 0 Å². The monoisotopic (exact) mass is 416 g/mol. The summed E-state index contributed by atoms with van der Waals surface area (Å²) in [5.41, 5.74) is 4.23. The highest BCUT2D eigenvalue weighted by molar-refractivity contribution is 5.89. The number of carbonyl (C=O) groups excluding carboxylic acids is 1. The first-order chi connectivity index (χ1) is 14.3. The zero-order valence-corrected chi connectivity index (χ0v) is 18.7. The van der Waals surface area contributed by atoms with Gasteiger partial charge in [-0.25, -0.2) is 8.97 Å². The van der Waals surface area contributed by atoms with Gasteiger partial charge in [-0.3, -0.25) is 9.69 Å². The summed E-state index contributed by atoms with van der Waals surface area (Å²) in [5, 5.41) is 3.76. The molecule has 0 radical (unpaired) electrons. The molecule has 0 aliphatic carbocycles. The van der Waals surface area contributed by atoms with Gasteiger partial charge in [-0.2, -0.15) is 0 Å². The number of fused-ring (bicyclic) bond motifs is 1. The first-order valence-corrected chi connectivity index (χ1v) is 11.1. The van der Waals surface area contributed by atoms with Gasteiger partial charge in [0.05, 0.1) is 18.5 Å². The third-order valence-corrected chi connectivity index (χ3v) is 7.10. The van der Waals surface area contributed by atoms with Crippen molar-refractivity contribution in [3.63, 3.8) is 0 Å². The van der Waals surface area contributed by atoms with Crippen LogP contribution in [0.2, 0.25) is 0 Å². The standard InChI is InChI=1S/C23H35FN5O/c1-16-5-6-22(24)21-12-19(27(4)23(16)21)13-25-18-11-20(15-26(3)14-18)29-9-7-28(8-10-29)17(2)30/h5-6,18,20,25H,7-15H2,1-4H3/q+1/t18-,20-/m1/s1. The quantitative estimate of drug-likeness (QED) is 0.750. The SMILES string of the molecule is CC(=O)N1CCN([C@@H]2C[C@@H](NCC3=[N+](C)c4c(C)ccc(F)c4C3)CN(C)C2)CC1. The number of piperazine rings is 1. The van der Waals surface area contributed by atoms with Crippen LogP contribution in [0.5, 0.6) is 0 Å². The Hall–Kier alpha value is -1.83. The van der Waals surface area contributed by atoms with E-state index in [0.29, 0.717) is 18.5 Å². The molecule has 1 amide bonds. The van der Waals surface area contributed by atoms with Gasteiger partial charge in [-0.1, -0.05) is 0 Å². The maximum absolute atomic E-state index is 14.3. The second-order valence-electron chi connectivity index (χ2n) is 9.22. The Kier molecular flexibility index (Phi) is 6.23. The van der Waals surface area contributed by atoms with Crippen LogP contribution < -0.4 is 5.32 Å². The van der Waals surface area contributed by atoms with Gasteiger partial charge >= 0.3 is 0 Å². The molecule has 164 valence electrons. The highest BCUT2D eigenvalue weighted by Crippen LogP contribution is 2.31. The lowest BCUT2D eigenvalue weighted by molar-refractivity contribution is -0.403. The fourth-order valence-electron chi connectivity index (χ4n) is 5.39. The van der Waals surface area contributed by atoms with Crippen LogP contribution in [0.3, 0.4) is 0 Å². The molecule has 30 heavy (non-hydrogen) atoms. The largest absolute Gasteiger partial charge is 0.340 e. The van der Waals surface area contributed by atoms with E-state index in [1.165, 1.54) is 5.71 Å². The normalized spacial score (nSPS) is 25.7. The fraction of sp³-hybridized carbons (Fsp3) is 0.652. The maximum atomic E-state index is 14.3. The molecule has 6 nitrogen and oxygen atoms in total. The number of rotatable bonds is 4. The molecule has 2 atom stereocenters. The summed E-state index contributed by atoms with van der Waals surface area (Å²) < 4.78 is 16.5. The molecular formula is C23H35FN5O+. The average molecular weight is 417 g/mol. The summed E-state index contributed by atoms with van der Waals surface area (Å²) in [6, 6.07) is 4.38. The maximum Gasteiger partial charge on any atom is 0.219 e. The zero-order chi connectivity index (χ0) is 21.4. The zero-order valence-electron chi connectivity index (χ0n) is 18.7. The number of likely N-dealkylation sites (tertiary alicyclic amines) is 1. The molecule has 0 spiro atoms. The molecule has 7 heteroatoms. The Morgan fingerprint density at radius 2 is 1.97 bits per heavy atom. The highest BCUT2D eigenvalue weighted by atomic mass is 19.1. The predicted octanol–water partition coefficient (Wildman–Crippen LogP) is 1.23. The van der Waals surface area contributed by atoms with Crippen LogP contribution in [0.1, 0.15) is 24.5 Å². The lowest BCUT2D eigenvalue weighted by Gasteiger charge is -2.44. The van der Waals surface area contributed by atoms with Crippen LogP contribution in [0, 0.1) is 12.7 Å². The molecule has 1 aromatic carbocycles. The second-order valence-corrected chi connectivity index (χ2v) is 9.22. The van der Waals surface area contributed by atoms with Crippen molar-refractivity contribution >= 4 is 17.3 Å².